The summed E-state index contributed by atoms with van der Waals surface area (Å²) in [6.07, 6.45) is -1.01. The molecule has 5 nitrogen and oxygen atoms in total. The third kappa shape index (κ3) is 3.95. The Labute approximate surface area is 134 Å². The van der Waals surface area contributed by atoms with E-state index in [1.54, 1.807) is 38.4 Å². The second kappa shape index (κ2) is 7.23. The molecule has 23 heavy (non-hydrogen) atoms. The third-order valence-corrected chi connectivity index (χ3v) is 3.24. The van der Waals surface area contributed by atoms with Gasteiger partial charge in [0.2, 0.25) is 6.10 Å². The van der Waals surface area contributed by atoms with Crippen molar-refractivity contribution in [1.29, 1.82) is 5.26 Å². The number of nitriles is 1. The van der Waals surface area contributed by atoms with Gasteiger partial charge in [0, 0.05) is 19.7 Å². The number of carbonyl (C=O) groups excluding carboxylic acids is 2. The van der Waals surface area contributed by atoms with Crippen molar-refractivity contribution >= 4 is 11.9 Å². The molecular formula is C18H16N2O3. The highest BCUT2D eigenvalue weighted by Crippen LogP contribution is 2.21. The summed E-state index contributed by atoms with van der Waals surface area (Å²) in [6.45, 7) is 0. The van der Waals surface area contributed by atoms with Gasteiger partial charge in [-0.05, 0) is 24.3 Å². The molecule has 0 spiro atoms. The van der Waals surface area contributed by atoms with Crippen LogP contribution in [0.1, 0.15) is 27.6 Å². The normalized spacial score (nSPS) is 11.2. The van der Waals surface area contributed by atoms with Gasteiger partial charge in [0.15, 0.2) is 0 Å². The molecule has 0 fully saturated rings. The maximum atomic E-state index is 12.3. The smallest absolute Gasteiger partial charge is 0.339 e. The van der Waals surface area contributed by atoms with Crippen LogP contribution in [0.25, 0.3) is 0 Å². The van der Waals surface area contributed by atoms with Crippen molar-refractivity contribution in [2.75, 3.05) is 14.1 Å². The van der Waals surface area contributed by atoms with E-state index in [0.717, 1.165) is 0 Å². The number of nitrogens with zero attached hydrogens (tertiary/aromatic N) is 2. The zero-order valence-corrected chi connectivity index (χ0v) is 12.9. The van der Waals surface area contributed by atoms with E-state index < -0.39 is 12.1 Å². The molecule has 0 radical (unpaired) electrons. The van der Waals surface area contributed by atoms with Gasteiger partial charge in [-0.15, -0.1) is 0 Å². The van der Waals surface area contributed by atoms with Crippen molar-refractivity contribution in [3.8, 4) is 6.07 Å². The molecule has 0 aromatic heterocycles. The van der Waals surface area contributed by atoms with Crippen molar-refractivity contribution < 1.29 is 14.3 Å². The average Bonchev–Trinajstić information content (AvgIpc) is 2.59. The highest BCUT2D eigenvalue weighted by molar-refractivity contribution is 5.92. The molecule has 0 unspecified atom stereocenters. The summed E-state index contributed by atoms with van der Waals surface area (Å²) in [7, 11) is 3.21. The van der Waals surface area contributed by atoms with E-state index >= 15 is 0 Å². The molecule has 0 aliphatic carbocycles. The summed E-state index contributed by atoms with van der Waals surface area (Å²) >= 11 is 0. The second-order valence-electron chi connectivity index (χ2n) is 5.12. The van der Waals surface area contributed by atoms with E-state index in [1.165, 1.54) is 29.2 Å². The van der Waals surface area contributed by atoms with Gasteiger partial charge < -0.3 is 9.64 Å². The molecule has 0 N–H and O–H groups in total. The lowest BCUT2D eigenvalue weighted by molar-refractivity contribution is -0.138. The Morgan fingerprint density at radius 2 is 1.65 bits per heavy atom. The Bertz CT molecular complexity index is 731. The lowest BCUT2D eigenvalue weighted by Gasteiger charge is -2.21. The number of rotatable bonds is 4. The second-order valence-corrected chi connectivity index (χ2v) is 5.12. The summed E-state index contributed by atoms with van der Waals surface area (Å²) < 4.78 is 5.41. The first kappa shape index (κ1) is 16.2. The standard InChI is InChI=1S/C18H16N2O3/c1-20(2)17(21)16(14-6-4-3-5-7-14)23-18(22)15-10-8-13(12-19)9-11-15/h3-11,16H,1-2H3/t16-/m1/s1. The van der Waals surface area contributed by atoms with Gasteiger partial charge >= 0.3 is 5.97 Å². The van der Waals surface area contributed by atoms with Gasteiger partial charge in [-0.1, -0.05) is 30.3 Å². The number of hydrogen-bond acceptors (Lipinski definition) is 4. The lowest BCUT2D eigenvalue weighted by Crippen LogP contribution is -2.31. The van der Waals surface area contributed by atoms with E-state index in [9.17, 15) is 9.59 Å². The predicted molar refractivity (Wildman–Crippen MR) is 84.4 cm³/mol. The minimum Gasteiger partial charge on any atom is -0.444 e. The van der Waals surface area contributed by atoms with E-state index in [-0.39, 0.29) is 11.5 Å². The van der Waals surface area contributed by atoms with Crippen LogP contribution in [-0.4, -0.2) is 30.9 Å². The Kier molecular flexibility index (Phi) is 5.11. The van der Waals surface area contributed by atoms with Crippen LogP contribution < -0.4 is 0 Å². The van der Waals surface area contributed by atoms with Gasteiger partial charge in [0.05, 0.1) is 17.2 Å². The molecule has 1 atom stereocenters. The largest absolute Gasteiger partial charge is 0.444 e. The van der Waals surface area contributed by atoms with Gasteiger partial charge in [-0.25, -0.2) is 4.79 Å². The Balaban J connectivity index is 2.25. The monoisotopic (exact) mass is 308 g/mol. The number of benzene rings is 2. The molecular weight excluding hydrogens is 292 g/mol. The highest BCUT2D eigenvalue weighted by atomic mass is 16.5. The number of ether oxygens (including phenoxy) is 1. The third-order valence-electron chi connectivity index (χ3n) is 3.24. The van der Waals surface area contributed by atoms with Crippen molar-refractivity contribution in [3.63, 3.8) is 0 Å². The zero-order chi connectivity index (χ0) is 16.8. The van der Waals surface area contributed by atoms with Crippen LogP contribution in [0.4, 0.5) is 0 Å². The lowest BCUT2D eigenvalue weighted by atomic mass is 10.1. The summed E-state index contributed by atoms with van der Waals surface area (Å²) in [4.78, 5) is 26.0. The van der Waals surface area contributed by atoms with Gasteiger partial charge in [-0.2, -0.15) is 5.26 Å². The molecule has 1 amide bonds. The first-order valence-corrected chi connectivity index (χ1v) is 7.00. The van der Waals surface area contributed by atoms with Crippen molar-refractivity contribution in [2.24, 2.45) is 0 Å². The van der Waals surface area contributed by atoms with E-state index in [0.29, 0.717) is 11.1 Å². The molecule has 0 bridgehead atoms. The van der Waals surface area contributed by atoms with Crippen LogP contribution in [0, 0.1) is 11.3 Å². The van der Waals surface area contributed by atoms with Crippen LogP contribution in [0.5, 0.6) is 0 Å². The minimum absolute atomic E-state index is 0.288. The Hall–Kier alpha value is -3.13. The maximum absolute atomic E-state index is 12.3. The SMILES string of the molecule is CN(C)C(=O)[C@H](OC(=O)c1ccc(C#N)cc1)c1ccccc1. The molecule has 0 aliphatic rings. The molecule has 116 valence electrons. The molecule has 0 aliphatic heterocycles. The summed E-state index contributed by atoms with van der Waals surface area (Å²) in [5.74, 6) is -0.934. The fraction of sp³-hybridized carbons (Fsp3) is 0.167. The number of amides is 1. The number of hydrogen-bond donors (Lipinski definition) is 0. The van der Waals surface area contributed by atoms with Gasteiger partial charge in [0.25, 0.3) is 5.91 Å². The molecule has 0 heterocycles. The highest BCUT2D eigenvalue weighted by Gasteiger charge is 2.26. The fourth-order valence-electron chi connectivity index (χ4n) is 1.98. The van der Waals surface area contributed by atoms with E-state index in [4.69, 9.17) is 10.00 Å². The average molecular weight is 308 g/mol. The van der Waals surface area contributed by atoms with Crippen molar-refractivity contribution in [1.82, 2.24) is 4.90 Å². The summed E-state index contributed by atoms with van der Waals surface area (Å²) in [5.41, 5.74) is 1.34. The number of likely N-dealkylation sites (N-methyl/N-ethyl adjacent to an activating group) is 1. The van der Waals surface area contributed by atoms with Crippen LogP contribution in [-0.2, 0) is 9.53 Å². The van der Waals surface area contributed by atoms with Gasteiger partial charge in [0.1, 0.15) is 0 Å². The quantitative estimate of drug-likeness (QED) is 0.814. The number of esters is 1. The molecule has 2 aromatic rings. The maximum Gasteiger partial charge on any atom is 0.339 e. The van der Waals surface area contributed by atoms with Crippen LogP contribution in [0.15, 0.2) is 54.6 Å². The topological polar surface area (TPSA) is 70.4 Å². The Morgan fingerprint density at radius 1 is 1.04 bits per heavy atom. The summed E-state index contributed by atoms with van der Waals surface area (Å²) in [5, 5.41) is 8.78. The number of carbonyl (C=O) groups is 2. The molecule has 2 rings (SSSR count). The predicted octanol–water partition coefficient (Wildman–Crippen LogP) is 2.54. The first-order chi connectivity index (χ1) is 11.0. The first-order valence-electron chi connectivity index (χ1n) is 7.00. The molecule has 2 aromatic carbocycles. The fourth-order valence-corrected chi connectivity index (χ4v) is 1.98. The van der Waals surface area contributed by atoms with Gasteiger partial charge in [-0.3, -0.25) is 4.79 Å². The van der Waals surface area contributed by atoms with Crippen molar-refractivity contribution in [3.05, 3.63) is 71.3 Å². The molecule has 5 heteroatoms. The van der Waals surface area contributed by atoms with Crippen LogP contribution in [0.3, 0.4) is 0 Å². The molecule has 0 saturated heterocycles. The van der Waals surface area contributed by atoms with E-state index in [2.05, 4.69) is 0 Å². The molecule has 0 saturated carbocycles. The summed E-state index contributed by atoms with van der Waals surface area (Å²) in [6, 6.07) is 16.9. The minimum atomic E-state index is -1.01. The van der Waals surface area contributed by atoms with E-state index in [1.807, 2.05) is 12.1 Å². The van der Waals surface area contributed by atoms with Crippen LogP contribution in [0.2, 0.25) is 0 Å². The van der Waals surface area contributed by atoms with Crippen molar-refractivity contribution in [2.45, 2.75) is 6.10 Å². The zero-order valence-electron chi connectivity index (χ0n) is 12.9. The van der Waals surface area contributed by atoms with Crippen LogP contribution >= 0.6 is 0 Å². The Morgan fingerprint density at radius 3 is 2.17 bits per heavy atom.